The number of nitrogens with one attached hydrogen (secondary N) is 2. The van der Waals surface area contributed by atoms with Gasteiger partial charge in [-0.05, 0) is 65.7 Å². The predicted octanol–water partition coefficient (Wildman–Crippen LogP) is 5.12. The van der Waals surface area contributed by atoms with Crippen LogP contribution in [0.25, 0.3) is 0 Å². The van der Waals surface area contributed by atoms with Crippen molar-refractivity contribution in [2.24, 2.45) is 5.10 Å². The van der Waals surface area contributed by atoms with Crippen LogP contribution < -0.4 is 10.7 Å². The minimum atomic E-state index is -0.234. The zero-order valence-corrected chi connectivity index (χ0v) is 16.7. The Morgan fingerprint density at radius 3 is 2.50 bits per heavy atom. The first-order valence-electron chi connectivity index (χ1n) is 9.11. The Kier molecular flexibility index (Phi) is 6.55. The highest BCUT2D eigenvalue weighted by atomic mass is 32.1. The molecule has 28 heavy (non-hydrogen) atoms. The molecule has 0 saturated heterocycles. The number of hydrogen-bond acceptors (Lipinski definition) is 2. The van der Waals surface area contributed by atoms with E-state index in [1.807, 2.05) is 35.0 Å². The number of thiocarbonyl (C=S) groups is 1. The van der Waals surface area contributed by atoms with Gasteiger partial charge in [-0.2, -0.15) is 5.10 Å². The molecule has 0 unspecified atom stereocenters. The van der Waals surface area contributed by atoms with Crippen molar-refractivity contribution >= 4 is 29.2 Å². The zero-order valence-electron chi connectivity index (χ0n) is 15.9. The first kappa shape index (κ1) is 19.8. The van der Waals surface area contributed by atoms with Crippen molar-refractivity contribution in [2.75, 3.05) is 5.32 Å². The molecule has 2 N–H and O–H groups in total. The predicted molar refractivity (Wildman–Crippen MR) is 117 cm³/mol. The third-order valence-corrected chi connectivity index (χ3v) is 4.52. The lowest BCUT2D eigenvalue weighted by Crippen LogP contribution is -2.24. The van der Waals surface area contributed by atoms with E-state index in [9.17, 15) is 4.39 Å². The van der Waals surface area contributed by atoms with Crippen molar-refractivity contribution in [1.82, 2.24) is 9.99 Å². The van der Waals surface area contributed by atoms with Crippen molar-refractivity contribution in [3.63, 3.8) is 0 Å². The van der Waals surface area contributed by atoms with E-state index >= 15 is 0 Å². The summed E-state index contributed by atoms with van der Waals surface area (Å²) < 4.78 is 15.1. The monoisotopic (exact) mass is 394 g/mol. The van der Waals surface area contributed by atoms with Gasteiger partial charge in [-0.25, -0.2) is 4.39 Å². The van der Waals surface area contributed by atoms with E-state index in [2.05, 4.69) is 41.8 Å². The summed E-state index contributed by atoms with van der Waals surface area (Å²) in [5, 5.41) is 7.75. The molecule has 0 aliphatic carbocycles. The molecule has 0 spiro atoms. The third-order valence-electron chi connectivity index (χ3n) is 4.33. The first-order chi connectivity index (χ1) is 13.5. The number of anilines is 1. The summed E-state index contributed by atoms with van der Waals surface area (Å²) in [7, 11) is 0. The Bertz CT molecular complexity index is 943. The molecule has 2 aromatic carbocycles. The number of hydrogen-bond donors (Lipinski definition) is 2. The molecule has 0 bridgehead atoms. The van der Waals surface area contributed by atoms with Crippen molar-refractivity contribution in [2.45, 2.75) is 26.3 Å². The topological polar surface area (TPSA) is 41.4 Å². The molecule has 1 heterocycles. The molecule has 0 radical (unpaired) electrons. The summed E-state index contributed by atoms with van der Waals surface area (Å²) in [5.74, 6) is 0.261. The van der Waals surface area contributed by atoms with E-state index in [1.54, 1.807) is 18.3 Å². The van der Waals surface area contributed by atoms with Crippen molar-refractivity contribution in [3.8, 4) is 0 Å². The first-order valence-corrected chi connectivity index (χ1v) is 9.51. The quantitative estimate of drug-likeness (QED) is 0.346. The fourth-order valence-electron chi connectivity index (χ4n) is 2.74. The van der Waals surface area contributed by atoms with Crippen LogP contribution >= 0.6 is 12.2 Å². The lowest BCUT2D eigenvalue weighted by Gasteiger charge is -2.10. The van der Waals surface area contributed by atoms with E-state index < -0.39 is 0 Å². The van der Waals surface area contributed by atoms with E-state index in [0.717, 1.165) is 16.9 Å². The average molecular weight is 395 g/mol. The number of nitrogens with zero attached hydrogens (tertiary/aromatic N) is 2. The van der Waals surface area contributed by atoms with Gasteiger partial charge in [0.1, 0.15) is 5.82 Å². The van der Waals surface area contributed by atoms with Crippen LogP contribution in [0.3, 0.4) is 0 Å². The Morgan fingerprint density at radius 2 is 1.82 bits per heavy atom. The molecule has 0 saturated carbocycles. The third kappa shape index (κ3) is 5.50. The number of halogens is 1. The maximum atomic E-state index is 13.0. The van der Waals surface area contributed by atoms with E-state index in [0.29, 0.717) is 17.6 Å². The number of hydrazone groups is 1. The van der Waals surface area contributed by atoms with Crippen LogP contribution in [-0.4, -0.2) is 15.9 Å². The number of benzene rings is 2. The number of rotatable bonds is 6. The Labute approximate surface area is 170 Å². The molecule has 0 amide bonds. The van der Waals surface area contributed by atoms with E-state index in [-0.39, 0.29) is 5.82 Å². The molecular formula is C22H23FN4S. The largest absolute Gasteiger partial charge is 0.342 e. The molecular weight excluding hydrogens is 371 g/mol. The van der Waals surface area contributed by atoms with Gasteiger partial charge in [-0.15, -0.1) is 0 Å². The second-order valence-electron chi connectivity index (χ2n) is 6.79. The minimum absolute atomic E-state index is 0.234. The second kappa shape index (κ2) is 9.28. The van der Waals surface area contributed by atoms with Crippen molar-refractivity contribution < 1.29 is 4.39 Å². The van der Waals surface area contributed by atoms with Crippen LogP contribution in [0.1, 0.15) is 36.6 Å². The van der Waals surface area contributed by atoms with Gasteiger partial charge in [0.25, 0.3) is 0 Å². The standard InChI is InChI=1S/C22H23FN4S/c1-16(2)18-7-11-20(12-8-18)25-22(28)26-24-14-21-4-3-13-27(21)15-17-5-9-19(23)10-6-17/h3-14,16H,15H2,1-2H3,(H2,25,26,28)/b24-14-. The van der Waals surface area contributed by atoms with Crippen LogP contribution in [0.15, 0.2) is 72.0 Å². The molecule has 0 atom stereocenters. The van der Waals surface area contributed by atoms with Crippen LogP contribution in [0.4, 0.5) is 10.1 Å². The minimum Gasteiger partial charge on any atom is -0.342 e. The Hall–Kier alpha value is -2.99. The van der Waals surface area contributed by atoms with E-state index in [1.165, 1.54) is 17.7 Å². The summed E-state index contributed by atoms with van der Waals surface area (Å²) in [6.45, 7) is 4.96. The lowest BCUT2D eigenvalue weighted by molar-refractivity contribution is 0.626. The van der Waals surface area contributed by atoms with Gasteiger partial charge in [0, 0.05) is 18.4 Å². The van der Waals surface area contributed by atoms with Gasteiger partial charge in [0.2, 0.25) is 0 Å². The van der Waals surface area contributed by atoms with Gasteiger partial charge in [-0.3, -0.25) is 5.43 Å². The Morgan fingerprint density at radius 1 is 1.11 bits per heavy atom. The summed E-state index contributed by atoms with van der Waals surface area (Å²) in [6, 6.07) is 18.5. The maximum Gasteiger partial charge on any atom is 0.191 e. The Balaban J connectivity index is 1.55. The lowest BCUT2D eigenvalue weighted by atomic mass is 10.0. The highest BCUT2D eigenvalue weighted by molar-refractivity contribution is 7.80. The van der Waals surface area contributed by atoms with Gasteiger partial charge in [-0.1, -0.05) is 38.1 Å². The smallest absolute Gasteiger partial charge is 0.191 e. The average Bonchev–Trinajstić information content (AvgIpc) is 3.11. The molecule has 4 nitrogen and oxygen atoms in total. The molecule has 0 fully saturated rings. The zero-order chi connectivity index (χ0) is 19.9. The second-order valence-corrected chi connectivity index (χ2v) is 7.20. The van der Waals surface area contributed by atoms with Gasteiger partial charge in [0.05, 0.1) is 11.9 Å². The van der Waals surface area contributed by atoms with Crippen molar-refractivity contribution in [3.05, 3.63) is 89.5 Å². The van der Waals surface area contributed by atoms with Crippen LogP contribution in [-0.2, 0) is 6.54 Å². The normalized spacial score (nSPS) is 11.1. The van der Waals surface area contributed by atoms with Crippen molar-refractivity contribution in [1.29, 1.82) is 0 Å². The maximum absolute atomic E-state index is 13.0. The summed E-state index contributed by atoms with van der Waals surface area (Å²) >= 11 is 5.29. The molecule has 0 aliphatic heterocycles. The van der Waals surface area contributed by atoms with Gasteiger partial charge < -0.3 is 9.88 Å². The molecule has 3 aromatic rings. The fourth-order valence-corrected chi connectivity index (χ4v) is 2.91. The molecule has 0 aliphatic rings. The van der Waals surface area contributed by atoms with Gasteiger partial charge in [0.15, 0.2) is 5.11 Å². The van der Waals surface area contributed by atoms with Crippen LogP contribution in [0.5, 0.6) is 0 Å². The van der Waals surface area contributed by atoms with Crippen LogP contribution in [0, 0.1) is 5.82 Å². The molecule has 3 rings (SSSR count). The molecule has 144 valence electrons. The van der Waals surface area contributed by atoms with Crippen LogP contribution in [0.2, 0.25) is 0 Å². The van der Waals surface area contributed by atoms with Gasteiger partial charge >= 0.3 is 0 Å². The highest BCUT2D eigenvalue weighted by Crippen LogP contribution is 2.17. The fraction of sp³-hybridized carbons (Fsp3) is 0.182. The SMILES string of the molecule is CC(C)c1ccc(NC(=S)N/N=C\c2cccn2Cc2ccc(F)cc2)cc1. The van der Waals surface area contributed by atoms with E-state index in [4.69, 9.17) is 12.2 Å². The summed E-state index contributed by atoms with van der Waals surface area (Å²) in [5.41, 5.74) is 6.96. The molecule has 1 aromatic heterocycles. The summed E-state index contributed by atoms with van der Waals surface area (Å²) in [6.07, 6.45) is 3.66. The number of aromatic nitrogens is 1. The molecule has 6 heteroatoms. The summed E-state index contributed by atoms with van der Waals surface area (Å²) in [4.78, 5) is 0. The highest BCUT2D eigenvalue weighted by Gasteiger charge is 2.02.